The van der Waals surface area contributed by atoms with E-state index in [9.17, 15) is 9.59 Å². The van der Waals surface area contributed by atoms with Crippen LogP contribution >= 0.6 is 0 Å². The Morgan fingerprint density at radius 3 is 2.83 bits per heavy atom. The molecule has 0 saturated heterocycles. The number of benzene rings is 1. The number of pyridine rings is 1. The van der Waals surface area contributed by atoms with Crippen LogP contribution in [-0.2, 0) is 14.3 Å². The van der Waals surface area contributed by atoms with Gasteiger partial charge in [-0.1, -0.05) is 12.1 Å². The summed E-state index contributed by atoms with van der Waals surface area (Å²) in [6, 6.07) is 9.04. The fraction of sp³-hybridized carbons (Fsp3) is 0.227. The summed E-state index contributed by atoms with van der Waals surface area (Å²) < 4.78 is 16.5. The Bertz CT molecular complexity index is 1010. The summed E-state index contributed by atoms with van der Waals surface area (Å²) in [4.78, 5) is 30.4. The number of allylic oxidation sites excluding steroid dienone is 3. The summed E-state index contributed by atoms with van der Waals surface area (Å²) in [5, 5.41) is 0. The zero-order valence-electron chi connectivity index (χ0n) is 16.0. The maximum Gasteiger partial charge on any atom is 0.333 e. The van der Waals surface area contributed by atoms with Gasteiger partial charge in [-0.3, -0.25) is 9.78 Å². The van der Waals surface area contributed by atoms with E-state index in [1.165, 1.54) is 7.11 Å². The largest absolute Gasteiger partial charge is 0.496 e. The van der Waals surface area contributed by atoms with Crippen LogP contribution in [-0.4, -0.2) is 37.1 Å². The summed E-state index contributed by atoms with van der Waals surface area (Å²) in [5.74, 6) is 1.31. The summed E-state index contributed by atoms with van der Waals surface area (Å²) >= 11 is 0. The van der Waals surface area contributed by atoms with E-state index in [1.54, 1.807) is 35.5 Å². The van der Waals surface area contributed by atoms with Gasteiger partial charge in [0.2, 0.25) is 0 Å². The Morgan fingerprint density at radius 1 is 1.17 bits per heavy atom. The summed E-state index contributed by atoms with van der Waals surface area (Å²) in [6.07, 6.45) is 7.79. The smallest absolute Gasteiger partial charge is 0.333 e. The molecule has 1 aromatic carbocycles. The molecule has 1 aliphatic heterocycles. The van der Waals surface area contributed by atoms with E-state index in [4.69, 9.17) is 14.2 Å². The van der Waals surface area contributed by atoms with Gasteiger partial charge in [-0.05, 0) is 36.8 Å². The number of carbonyl (C=O) groups excluding carboxylic acids is 2. The van der Waals surface area contributed by atoms with Crippen LogP contribution < -0.4 is 9.64 Å². The van der Waals surface area contributed by atoms with Gasteiger partial charge in [0.25, 0.3) is 5.91 Å². The van der Waals surface area contributed by atoms with Crippen LogP contribution in [0.1, 0.15) is 23.2 Å². The Balaban J connectivity index is 1.50. The molecule has 7 nitrogen and oxygen atoms in total. The first-order valence-electron chi connectivity index (χ1n) is 9.31. The third kappa shape index (κ3) is 3.85. The van der Waals surface area contributed by atoms with Crippen molar-refractivity contribution in [3.63, 3.8) is 0 Å². The lowest BCUT2D eigenvalue weighted by atomic mass is 10.0. The fourth-order valence-electron chi connectivity index (χ4n) is 3.31. The van der Waals surface area contributed by atoms with Crippen molar-refractivity contribution >= 4 is 17.6 Å². The monoisotopic (exact) mass is 392 g/mol. The minimum Gasteiger partial charge on any atom is -0.496 e. The first-order chi connectivity index (χ1) is 14.2. The molecule has 1 amide bonds. The lowest BCUT2D eigenvalue weighted by Crippen LogP contribution is -2.33. The van der Waals surface area contributed by atoms with Crippen molar-refractivity contribution in [3.8, 4) is 11.5 Å². The Kier molecular flexibility index (Phi) is 5.29. The minimum atomic E-state index is -0.319. The number of rotatable bonds is 5. The van der Waals surface area contributed by atoms with E-state index in [1.807, 2.05) is 24.3 Å². The molecule has 1 aromatic heterocycles. The molecule has 0 radical (unpaired) electrons. The molecule has 4 rings (SSSR count). The highest BCUT2D eigenvalue weighted by molar-refractivity contribution is 6.09. The highest BCUT2D eigenvalue weighted by atomic mass is 16.5. The molecule has 2 aromatic rings. The van der Waals surface area contributed by atoms with Crippen molar-refractivity contribution in [2.24, 2.45) is 0 Å². The number of hydrogen-bond donors (Lipinski definition) is 0. The highest BCUT2D eigenvalue weighted by Crippen LogP contribution is 2.38. The number of ether oxygens (including phenoxy) is 3. The SMILES string of the molecule is COC(=O)C1=CC=C(OCCN2C(=O)c3ccncc3Oc3ccccc32)CC1. The van der Waals surface area contributed by atoms with E-state index in [-0.39, 0.29) is 11.9 Å². The fourth-order valence-corrected chi connectivity index (χ4v) is 3.31. The van der Waals surface area contributed by atoms with Gasteiger partial charge in [-0.25, -0.2) is 4.79 Å². The van der Waals surface area contributed by atoms with Crippen molar-refractivity contribution in [2.45, 2.75) is 12.8 Å². The molecule has 0 spiro atoms. The molecule has 0 N–H and O–H groups in total. The van der Waals surface area contributed by atoms with Gasteiger partial charge in [0.1, 0.15) is 6.61 Å². The third-order valence-corrected chi connectivity index (χ3v) is 4.80. The van der Waals surface area contributed by atoms with Crippen LogP contribution in [0.5, 0.6) is 11.5 Å². The molecule has 2 aliphatic rings. The zero-order valence-corrected chi connectivity index (χ0v) is 16.0. The Labute approximate surface area is 168 Å². The minimum absolute atomic E-state index is 0.165. The van der Waals surface area contributed by atoms with Gasteiger partial charge in [0, 0.05) is 18.2 Å². The second-order valence-corrected chi connectivity index (χ2v) is 6.56. The van der Waals surface area contributed by atoms with Crippen molar-refractivity contribution in [3.05, 3.63) is 71.8 Å². The molecule has 2 heterocycles. The van der Waals surface area contributed by atoms with Crippen LogP contribution in [0.4, 0.5) is 5.69 Å². The zero-order chi connectivity index (χ0) is 20.2. The van der Waals surface area contributed by atoms with E-state index in [2.05, 4.69) is 4.98 Å². The second kappa shape index (κ2) is 8.18. The molecule has 148 valence electrons. The van der Waals surface area contributed by atoms with Gasteiger partial charge in [0.05, 0.1) is 36.9 Å². The van der Waals surface area contributed by atoms with Crippen LogP contribution in [0.3, 0.4) is 0 Å². The molecule has 1 aliphatic carbocycles. The number of amides is 1. The van der Waals surface area contributed by atoms with Crippen molar-refractivity contribution in [2.75, 3.05) is 25.2 Å². The third-order valence-electron chi connectivity index (χ3n) is 4.80. The molecule has 0 fully saturated rings. The molecule has 29 heavy (non-hydrogen) atoms. The number of carbonyl (C=O) groups is 2. The molecular weight excluding hydrogens is 372 g/mol. The molecule has 7 heteroatoms. The summed E-state index contributed by atoms with van der Waals surface area (Å²) in [7, 11) is 1.37. The second-order valence-electron chi connectivity index (χ2n) is 6.56. The van der Waals surface area contributed by atoms with Gasteiger partial charge >= 0.3 is 5.97 Å². The van der Waals surface area contributed by atoms with Gasteiger partial charge in [-0.2, -0.15) is 0 Å². The lowest BCUT2D eigenvalue weighted by Gasteiger charge is -2.23. The van der Waals surface area contributed by atoms with Crippen LogP contribution in [0.25, 0.3) is 0 Å². The van der Waals surface area contributed by atoms with Crippen LogP contribution in [0, 0.1) is 0 Å². The summed E-state index contributed by atoms with van der Waals surface area (Å²) in [6.45, 7) is 0.666. The number of aromatic nitrogens is 1. The maximum atomic E-state index is 13.1. The van der Waals surface area contributed by atoms with Crippen LogP contribution in [0.15, 0.2) is 66.2 Å². The molecule has 0 bridgehead atoms. The number of fused-ring (bicyclic) bond motifs is 2. The van der Waals surface area contributed by atoms with Crippen molar-refractivity contribution < 1.29 is 23.8 Å². The Morgan fingerprint density at radius 2 is 2.03 bits per heavy atom. The van der Waals surface area contributed by atoms with Crippen LogP contribution in [0.2, 0.25) is 0 Å². The first kappa shape index (κ1) is 18.7. The normalized spacial score (nSPS) is 15.2. The molecule has 0 saturated carbocycles. The predicted molar refractivity (Wildman–Crippen MR) is 106 cm³/mol. The lowest BCUT2D eigenvalue weighted by molar-refractivity contribution is -0.136. The van der Waals surface area contributed by atoms with E-state index in [0.29, 0.717) is 54.3 Å². The predicted octanol–water partition coefficient (Wildman–Crippen LogP) is 3.63. The first-order valence-corrected chi connectivity index (χ1v) is 9.31. The topological polar surface area (TPSA) is 78.0 Å². The van der Waals surface area contributed by atoms with Gasteiger partial charge < -0.3 is 19.1 Å². The number of para-hydroxylation sites is 2. The van der Waals surface area contributed by atoms with Gasteiger partial charge in [-0.15, -0.1) is 0 Å². The number of esters is 1. The van der Waals surface area contributed by atoms with Crippen molar-refractivity contribution in [1.82, 2.24) is 4.98 Å². The van der Waals surface area contributed by atoms with Crippen molar-refractivity contribution in [1.29, 1.82) is 0 Å². The number of hydrogen-bond acceptors (Lipinski definition) is 6. The number of anilines is 1. The highest BCUT2D eigenvalue weighted by Gasteiger charge is 2.28. The van der Waals surface area contributed by atoms with E-state index in [0.717, 1.165) is 5.76 Å². The van der Waals surface area contributed by atoms with Gasteiger partial charge in [0.15, 0.2) is 11.5 Å². The molecule has 0 unspecified atom stereocenters. The standard InChI is InChI=1S/C22H20N2O5/c1-27-22(26)15-6-8-16(9-7-15)28-13-12-24-18-4-2-3-5-19(18)29-20-14-23-11-10-17(20)21(24)25/h2-6,8,10-11,14H,7,9,12-13H2,1H3. The summed E-state index contributed by atoms with van der Waals surface area (Å²) in [5.41, 5.74) is 1.76. The quantitative estimate of drug-likeness (QED) is 0.723. The average Bonchev–Trinajstić information content (AvgIpc) is 2.88. The Hall–Kier alpha value is -3.61. The number of methoxy groups -OCH3 is 1. The van der Waals surface area contributed by atoms with E-state index < -0.39 is 0 Å². The molecule has 0 atom stereocenters. The van der Waals surface area contributed by atoms with E-state index >= 15 is 0 Å². The number of nitrogens with zero attached hydrogens (tertiary/aromatic N) is 2. The maximum absolute atomic E-state index is 13.1. The molecular formula is C22H20N2O5. The average molecular weight is 392 g/mol.